The molecule has 0 bridgehead atoms. The Morgan fingerprint density at radius 1 is 0.909 bits per heavy atom. The molecule has 4 rings (SSSR count). The summed E-state index contributed by atoms with van der Waals surface area (Å²) in [6, 6.07) is 22.2. The van der Waals surface area contributed by atoms with Crippen molar-refractivity contribution in [2.24, 2.45) is 0 Å². The molecule has 0 saturated heterocycles. The molecule has 1 atom stereocenters. The SMILES string of the molecule is CC(=O)OCCCOC1(c2ccc(Cl)cc2)c2ccccc2C(=O)N1Cc1ccc(Cl)cc1. The number of amides is 1. The molecule has 0 spiro atoms. The van der Waals surface area contributed by atoms with Crippen molar-refractivity contribution in [2.45, 2.75) is 25.6 Å². The van der Waals surface area contributed by atoms with Gasteiger partial charge < -0.3 is 9.47 Å². The van der Waals surface area contributed by atoms with Gasteiger partial charge in [0.15, 0.2) is 5.72 Å². The molecule has 0 aliphatic carbocycles. The molecule has 1 unspecified atom stereocenters. The summed E-state index contributed by atoms with van der Waals surface area (Å²) < 4.78 is 11.6. The maximum atomic E-state index is 13.6. The Labute approximate surface area is 202 Å². The first-order chi connectivity index (χ1) is 15.9. The van der Waals surface area contributed by atoms with Gasteiger partial charge in [-0.25, -0.2) is 0 Å². The molecule has 33 heavy (non-hydrogen) atoms. The lowest BCUT2D eigenvalue weighted by Gasteiger charge is -2.39. The number of halogens is 2. The minimum absolute atomic E-state index is 0.129. The summed E-state index contributed by atoms with van der Waals surface area (Å²) in [5.41, 5.74) is 1.89. The van der Waals surface area contributed by atoms with Gasteiger partial charge in [-0.1, -0.05) is 65.7 Å². The van der Waals surface area contributed by atoms with E-state index in [1.807, 2.05) is 48.5 Å². The van der Waals surface area contributed by atoms with Crippen LogP contribution in [0.25, 0.3) is 0 Å². The van der Waals surface area contributed by atoms with E-state index in [-0.39, 0.29) is 25.1 Å². The fourth-order valence-electron chi connectivity index (χ4n) is 4.08. The maximum absolute atomic E-state index is 13.6. The normalized spacial score (nSPS) is 17.2. The standard InChI is InChI=1S/C26H23Cl2NO4/c1-18(30)32-15-4-16-33-26(20-9-13-22(28)14-10-20)24-6-3-2-5-23(24)25(31)29(26)17-19-7-11-21(27)12-8-19/h2-3,5-14H,4,15-17H2,1H3. The third kappa shape index (κ3) is 4.76. The van der Waals surface area contributed by atoms with Gasteiger partial charge in [0.05, 0.1) is 13.2 Å². The Hall–Kier alpha value is -2.86. The van der Waals surface area contributed by atoms with E-state index in [9.17, 15) is 9.59 Å². The fraction of sp³-hybridized carbons (Fsp3) is 0.231. The number of hydrogen-bond donors (Lipinski definition) is 0. The number of ether oxygens (including phenoxy) is 2. The van der Waals surface area contributed by atoms with E-state index in [2.05, 4.69) is 0 Å². The summed E-state index contributed by atoms with van der Waals surface area (Å²) in [4.78, 5) is 26.5. The first-order valence-corrected chi connectivity index (χ1v) is 11.4. The first-order valence-electron chi connectivity index (χ1n) is 10.6. The van der Waals surface area contributed by atoms with Gasteiger partial charge in [-0.3, -0.25) is 14.5 Å². The van der Waals surface area contributed by atoms with Crippen molar-refractivity contribution >= 4 is 35.1 Å². The van der Waals surface area contributed by atoms with Crippen molar-refractivity contribution in [1.29, 1.82) is 0 Å². The highest BCUT2D eigenvalue weighted by atomic mass is 35.5. The summed E-state index contributed by atoms with van der Waals surface area (Å²) in [5, 5.41) is 1.21. The van der Waals surface area contributed by atoms with Crippen molar-refractivity contribution in [1.82, 2.24) is 4.90 Å². The summed E-state index contributed by atoms with van der Waals surface area (Å²) in [6.07, 6.45) is 0.486. The highest BCUT2D eigenvalue weighted by molar-refractivity contribution is 6.30. The molecule has 1 aliphatic heterocycles. The van der Waals surface area contributed by atoms with Crippen molar-refractivity contribution in [2.75, 3.05) is 13.2 Å². The largest absolute Gasteiger partial charge is 0.466 e. The molecule has 0 radical (unpaired) electrons. The van der Waals surface area contributed by atoms with Crippen LogP contribution in [0.5, 0.6) is 0 Å². The predicted octanol–water partition coefficient (Wildman–Crippen LogP) is 5.82. The molecule has 7 heteroatoms. The van der Waals surface area contributed by atoms with Crippen LogP contribution in [0.2, 0.25) is 10.0 Å². The lowest BCUT2D eigenvalue weighted by atomic mass is 9.93. The summed E-state index contributed by atoms with van der Waals surface area (Å²) >= 11 is 12.2. The molecule has 170 valence electrons. The van der Waals surface area contributed by atoms with Crippen LogP contribution in [0.3, 0.4) is 0 Å². The van der Waals surface area contributed by atoms with Crippen LogP contribution < -0.4 is 0 Å². The molecule has 3 aromatic rings. The Morgan fingerprint density at radius 2 is 1.55 bits per heavy atom. The number of carbonyl (C=O) groups excluding carboxylic acids is 2. The van der Waals surface area contributed by atoms with Crippen molar-refractivity contribution in [3.05, 3.63) is 105 Å². The number of fused-ring (bicyclic) bond motifs is 1. The Balaban J connectivity index is 1.77. The zero-order valence-corrected chi connectivity index (χ0v) is 19.6. The number of benzene rings is 3. The van der Waals surface area contributed by atoms with E-state index >= 15 is 0 Å². The summed E-state index contributed by atoms with van der Waals surface area (Å²) in [7, 11) is 0. The molecule has 5 nitrogen and oxygen atoms in total. The molecule has 0 saturated carbocycles. The molecule has 1 aliphatic rings. The molecular formula is C26H23Cl2NO4. The molecule has 1 amide bonds. The second kappa shape index (κ2) is 9.96. The highest BCUT2D eigenvalue weighted by Crippen LogP contribution is 2.46. The Bertz CT molecular complexity index is 1150. The second-order valence-electron chi connectivity index (χ2n) is 7.76. The van der Waals surface area contributed by atoms with E-state index in [1.54, 1.807) is 29.2 Å². The van der Waals surface area contributed by atoms with E-state index < -0.39 is 5.72 Å². The van der Waals surface area contributed by atoms with Crippen LogP contribution in [-0.2, 0) is 26.5 Å². The smallest absolute Gasteiger partial charge is 0.302 e. The first kappa shape index (κ1) is 23.3. The fourth-order valence-corrected chi connectivity index (χ4v) is 4.33. The predicted molar refractivity (Wildman–Crippen MR) is 127 cm³/mol. The number of esters is 1. The van der Waals surface area contributed by atoms with Crippen LogP contribution in [-0.4, -0.2) is 30.0 Å². The third-order valence-corrected chi connectivity index (χ3v) is 6.05. The zero-order chi connectivity index (χ0) is 23.4. The number of hydrogen-bond acceptors (Lipinski definition) is 4. The van der Waals surface area contributed by atoms with Gasteiger partial charge in [0.25, 0.3) is 5.91 Å². The topological polar surface area (TPSA) is 55.8 Å². The average molecular weight is 484 g/mol. The third-order valence-electron chi connectivity index (χ3n) is 5.54. The number of nitrogens with zero attached hydrogens (tertiary/aromatic N) is 1. The Kier molecular flexibility index (Phi) is 7.03. The van der Waals surface area contributed by atoms with Crippen molar-refractivity contribution < 1.29 is 19.1 Å². The summed E-state index contributed by atoms with van der Waals surface area (Å²) in [5.74, 6) is -0.469. The molecule has 3 aromatic carbocycles. The van der Waals surface area contributed by atoms with Gasteiger partial charge in [-0.2, -0.15) is 0 Å². The quantitative estimate of drug-likeness (QED) is 0.299. The van der Waals surface area contributed by atoms with Crippen LogP contribution in [0.15, 0.2) is 72.8 Å². The van der Waals surface area contributed by atoms with E-state index in [0.717, 1.165) is 16.7 Å². The zero-order valence-electron chi connectivity index (χ0n) is 18.1. The van der Waals surface area contributed by atoms with Gasteiger partial charge >= 0.3 is 5.97 Å². The molecule has 1 heterocycles. The lowest BCUT2D eigenvalue weighted by Crippen LogP contribution is -2.46. The van der Waals surface area contributed by atoms with Crippen LogP contribution in [0.4, 0.5) is 0 Å². The van der Waals surface area contributed by atoms with Gasteiger partial charge in [-0.05, 0) is 35.9 Å². The maximum Gasteiger partial charge on any atom is 0.302 e. The van der Waals surface area contributed by atoms with Gasteiger partial charge in [-0.15, -0.1) is 0 Å². The second-order valence-corrected chi connectivity index (χ2v) is 8.63. The van der Waals surface area contributed by atoms with Crippen molar-refractivity contribution in [3.8, 4) is 0 Å². The molecule has 0 fully saturated rings. The average Bonchev–Trinajstić information content (AvgIpc) is 3.04. The van der Waals surface area contributed by atoms with E-state index in [0.29, 0.717) is 28.6 Å². The van der Waals surface area contributed by atoms with Gasteiger partial charge in [0.2, 0.25) is 0 Å². The molecule has 0 aromatic heterocycles. The minimum atomic E-state index is -1.16. The van der Waals surface area contributed by atoms with Crippen LogP contribution in [0, 0.1) is 0 Å². The van der Waals surface area contributed by atoms with Crippen LogP contribution in [0.1, 0.15) is 40.4 Å². The molecular weight excluding hydrogens is 461 g/mol. The molecule has 0 N–H and O–H groups in total. The van der Waals surface area contributed by atoms with E-state index in [4.69, 9.17) is 32.7 Å². The van der Waals surface area contributed by atoms with Crippen molar-refractivity contribution in [3.63, 3.8) is 0 Å². The monoisotopic (exact) mass is 483 g/mol. The summed E-state index contributed by atoms with van der Waals surface area (Å²) in [6.45, 7) is 2.19. The number of carbonyl (C=O) groups is 2. The van der Waals surface area contributed by atoms with Crippen LogP contribution >= 0.6 is 23.2 Å². The highest BCUT2D eigenvalue weighted by Gasteiger charge is 2.52. The van der Waals surface area contributed by atoms with E-state index in [1.165, 1.54) is 6.92 Å². The van der Waals surface area contributed by atoms with Gasteiger partial charge in [0, 0.05) is 46.6 Å². The Morgan fingerprint density at radius 3 is 2.21 bits per heavy atom. The lowest BCUT2D eigenvalue weighted by molar-refractivity contribution is -0.143. The van der Waals surface area contributed by atoms with Gasteiger partial charge in [0.1, 0.15) is 0 Å². The minimum Gasteiger partial charge on any atom is -0.466 e. The number of rotatable bonds is 8.